The average Bonchev–Trinajstić information content (AvgIpc) is 2.95. The molecular formula is C18H24FN3O3. The summed E-state index contributed by atoms with van der Waals surface area (Å²) in [7, 11) is 0. The second-order valence-electron chi connectivity index (χ2n) is 7.59. The number of benzene rings is 1. The molecule has 0 spiro atoms. The van der Waals surface area contributed by atoms with E-state index in [9.17, 15) is 14.0 Å². The van der Waals surface area contributed by atoms with Crippen LogP contribution in [0.5, 0.6) is 0 Å². The van der Waals surface area contributed by atoms with Crippen molar-refractivity contribution < 1.29 is 18.7 Å². The van der Waals surface area contributed by atoms with E-state index in [1.807, 2.05) is 20.8 Å². The van der Waals surface area contributed by atoms with Gasteiger partial charge in [-0.15, -0.1) is 0 Å². The van der Waals surface area contributed by atoms with Gasteiger partial charge in [-0.2, -0.15) is 0 Å². The number of anilines is 2. The fourth-order valence-corrected chi connectivity index (χ4v) is 3.10. The molecule has 0 aliphatic carbocycles. The van der Waals surface area contributed by atoms with Crippen LogP contribution >= 0.6 is 0 Å². The molecule has 2 N–H and O–H groups in total. The van der Waals surface area contributed by atoms with Crippen molar-refractivity contribution in [1.29, 1.82) is 0 Å². The van der Waals surface area contributed by atoms with Gasteiger partial charge in [0, 0.05) is 31.2 Å². The fourth-order valence-electron chi connectivity index (χ4n) is 3.10. The Bertz CT molecular complexity index is 700. The molecule has 2 aliphatic rings. The number of halogens is 1. The van der Waals surface area contributed by atoms with Crippen LogP contribution in [0.4, 0.5) is 20.6 Å². The summed E-state index contributed by atoms with van der Waals surface area (Å²) in [6.07, 6.45) is 1.29. The lowest BCUT2D eigenvalue weighted by molar-refractivity contribution is -0.116. The number of aryl methyl sites for hydroxylation is 1. The molecule has 1 atom stereocenters. The third kappa shape index (κ3) is 4.21. The number of carbonyl (C=O) groups excluding carboxylic acids is 2. The Labute approximate surface area is 146 Å². The van der Waals surface area contributed by atoms with Gasteiger partial charge in [0.1, 0.15) is 11.4 Å². The topological polar surface area (TPSA) is 70.7 Å². The highest BCUT2D eigenvalue weighted by atomic mass is 19.1. The molecule has 2 amide bonds. The molecule has 136 valence electrons. The number of hydrogen-bond donors (Lipinski definition) is 2. The zero-order valence-corrected chi connectivity index (χ0v) is 14.8. The first kappa shape index (κ1) is 17.5. The summed E-state index contributed by atoms with van der Waals surface area (Å²) in [5, 5.41) is 5.92. The monoisotopic (exact) mass is 349 g/mol. The number of rotatable bonds is 2. The van der Waals surface area contributed by atoms with Crippen LogP contribution in [0.2, 0.25) is 0 Å². The van der Waals surface area contributed by atoms with E-state index in [1.54, 1.807) is 11.0 Å². The van der Waals surface area contributed by atoms with E-state index in [2.05, 4.69) is 10.6 Å². The Morgan fingerprint density at radius 1 is 1.36 bits per heavy atom. The first-order valence-corrected chi connectivity index (χ1v) is 8.58. The molecule has 1 aromatic rings. The molecule has 0 aromatic heterocycles. The number of amides is 2. The number of fused-ring (bicyclic) bond motifs is 1. The van der Waals surface area contributed by atoms with E-state index in [4.69, 9.17) is 4.74 Å². The predicted molar refractivity (Wildman–Crippen MR) is 93.2 cm³/mol. The molecule has 1 unspecified atom stereocenters. The average molecular weight is 349 g/mol. The molecule has 6 nitrogen and oxygen atoms in total. The van der Waals surface area contributed by atoms with Crippen LogP contribution in [0.1, 0.15) is 39.2 Å². The summed E-state index contributed by atoms with van der Waals surface area (Å²) >= 11 is 0. The molecule has 2 heterocycles. The summed E-state index contributed by atoms with van der Waals surface area (Å²) in [4.78, 5) is 25.2. The van der Waals surface area contributed by atoms with Crippen molar-refractivity contribution in [3.8, 4) is 0 Å². The van der Waals surface area contributed by atoms with Gasteiger partial charge in [0.2, 0.25) is 5.91 Å². The maximum absolute atomic E-state index is 14.3. The molecular weight excluding hydrogens is 325 g/mol. The van der Waals surface area contributed by atoms with E-state index < -0.39 is 5.60 Å². The van der Waals surface area contributed by atoms with E-state index in [1.165, 1.54) is 6.07 Å². The quantitative estimate of drug-likeness (QED) is 0.861. The third-order valence-corrected chi connectivity index (χ3v) is 4.29. The van der Waals surface area contributed by atoms with Crippen molar-refractivity contribution in [3.63, 3.8) is 0 Å². The molecule has 25 heavy (non-hydrogen) atoms. The number of likely N-dealkylation sites (tertiary alicyclic amines) is 1. The SMILES string of the molecule is CC(C)(C)OC(=O)N1CCC(Nc2cc3c(cc2F)CCC(=O)N3)C1. The lowest BCUT2D eigenvalue weighted by atomic mass is 10.0. The highest BCUT2D eigenvalue weighted by Crippen LogP contribution is 2.30. The molecule has 0 radical (unpaired) electrons. The highest BCUT2D eigenvalue weighted by molar-refractivity contribution is 5.94. The van der Waals surface area contributed by atoms with Gasteiger partial charge in [-0.1, -0.05) is 0 Å². The number of carbonyl (C=O) groups is 2. The summed E-state index contributed by atoms with van der Waals surface area (Å²) in [6.45, 7) is 6.50. The van der Waals surface area contributed by atoms with E-state index >= 15 is 0 Å². The molecule has 7 heteroatoms. The molecule has 1 saturated heterocycles. The summed E-state index contributed by atoms with van der Waals surface area (Å²) in [5.41, 5.74) is 1.27. The Morgan fingerprint density at radius 2 is 2.12 bits per heavy atom. The Hall–Kier alpha value is -2.31. The van der Waals surface area contributed by atoms with Crippen LogP contribution in [-0.2, 0) is 16.0 Å². The maximum Gasteiger partial charge on any atom is 0.410 e. The highest BCUT2D eigenvalue weighted by Gasteiger charge is 2.30. The van der Waals surface area contributed by atoms with Crippen LogP contribution in [-0.4, -0.2) is 41.6 Å². The lowest BCUT2D eigenvalue weighted by Crippen LogP contribution is -2.36. The smallest absolute Gasteiger partial charge is 0.410 e. The van der Waals surface area contributed by atoms with Crippen molar-refractivity contribution in [2.75, 3.05) is 23.7 Å². The van der Waals surface area contributed by atoms with Crippen molar-refractivity contribution >= 4 is 23.4 Å². The van der Waals surface area contributed by atoms with Crippen LogP contribution in [0.3, 0.4) is 0 Å². The third-order valence-electron chi connectivity index (χ3n) is 4.29. The summed E-state index contributed by atoms with van der Waals surface area (Å²) in [5.74, 6) is -0.396. The van der Waals surface area contributed by atoms with Gasteiger partial charge in [0.15, 0.2) is 0 Å². The largest absolute Gasteiger partial charge is 0.444 e. The normalized spacial score (nSPS) is 20.1. The molecule has 1 fully saturated rings. The zero-order chi connectivity index (χ0) is 18.2. The van der Waals surface area contributed by atoms with E-state index in [0.29, 0.717) is 43.7 Å². The summed E-state index contributed by atoms with van der Waals surface area (Å²) < 4.78 is 19.7. The van der Waals surface area contributed by atoms with Gasteiger partial charge in [-0.05, 0) is 51.3 Å². The van der Waals surface area contributed by atoms with Crippen molar-refractivity contribution in [3.05, 3.63) is 23.5 Å². The number of hydrogen-bond acceptors (Lipinski definition) is 4. The first-order valence-electron chi connectivity index (χ1n) is 8.58. The molecule has 0 bridgehead atoms. The second kappa shape index (κ2) is 6.54. The molecule has 1 aromatic carbocycles. The fraction of sp³-hybridized carbons (Fsp3) is 0.556. The summed E-state index contributed by atoms with van der Waals surface area (Å²) in [6, 6.07) is 3.05. The number of nitrogens with one attached hydrogen (secondary N) is 2. The number of ether oxygens (including phenoxy) is 1. The first-order chi connectivity index (χ1) is 11.7. The predicted octanol–water partition coefficient (Wildman–Crippen LogP) is 3.13. The standard InChI is InChI=1S/C18H24FN3O3/c1-18(2,3)25-17(24)22-7-6-12(10-22)20-15-9-14-11(8-13(15)19)4-5-16(23)21-14/h8-9,12,20H,4-7,10H2,1-3H3,(H,21,23). The maximum atomic E-state index is 14.3. The van der Waals surface area contributed by atoms with Gasteiger partial charge in [0.05, 0.1) is 5.69 Å². The van der Waals surface area contributed by atoms with Crippen LogP contribution < -0.4 is 10.6 Å². The van der Waals surface area contributed by atoms with Crippen LogP contribution in [0.25, 0.3) is 0 Å². The van der Waals surface area contributed by atoms with Crippen molar-refractivity contribution in [2.45, 2.75) is 51.7 Å². The Balaban J connectivity index is 1.65. The minimum absolute atomic E-state index is 0.0537. The minimum atomic E-state index is -0.536. The molecule has 0 saturated carbocycles. The second-order valence-corrected chi connectivity index (χ2v) is 7.59. The van der Waals surface area contributed by atoms with Gasteiger partial charge in [-0.25, -0.2) is 9.18 Å². The molecule has 3 rings (SSSR count). The van der Waals surface area contributed by atoms with Gasteiger partial charge in [-0.3, -0.25) is 4.79 Å². The Kier molecular flexibility index (Phi) is 4.58. The van der Waals surface area contributed by atoms with Gasteiger partial charge < -0.3 is 20.3 Å². The van der Waals surface area contributed by atoms with Crippen LogP contribution in [0, 0.1) is 5.82 Å². The Morgan fingerprint density at radius 3 is 2.84 bits per heavy atom. The number of nitrogens with zero attached hydrogens (tertiary/aromatic N) is 1. The van der Waals surface area contributed by atoms with E-state index in [0.717, 1.165) is 5.56 Å². The van der Waals surface area contributed by atoms with Crippen molar-refractivity contribution in [2.24, 2.45) is 0 Å². The van der Waals surface area contributed by atoms with Gasteiger partial charge >= 0.3 is 6.09 Å². The van der Waals surface area contributed by atoms with Gasteiger partial charge in [0.25, 0.3) is 0 Å². The molecule has 2 aliphatic heterocycles. The minimum Gasteiger partial charge on any atom is -0.444 e. The lowest BCUT2D eigenvalue weighted by Gasteiger charge is -2.24. The van der Waals surface area contributed by atoms with Crippen molar-refractivity contribution in [1.82, 2.24) is 4.90 Å². The van der Waals surface area contributed by atoms with E-state index in [-0.39, 0.29) is 23.9 Å². The zero-order valence-electron chi connectivity index (χ0n) is 14.8. The van der Waals surface area contributed by atoms with Crippen LogP contribution in [0.15, 0.2) is 12.1 Å².